The van der Waals surface area contributed by atoms with Crippen molar-refractivity contribution >= 4 is 33.0 Å². The summed E-state index contributed by atoms with van der Waals surface area (Å²) in [6, 6.07) is 12.7. The number of halogens is 1. The Morgan fingerprint density at radius 2 is 1.62 bits per heavy atom. The van der Waals surface area contributed by atoms with Gasteiger partial charge in [-0.05, 0) is 49.4 Å². The number of piperazine rings is 1. The van der Waals surface area contributed by atoms with Crippen LogP contribution in [0.2, 0.25) is 5.02 Å². The highest BCUT2D eigenvalue weighted by molar-refractivity contribution is 7.89. The lowest BCUT2D eigenvalue weighted by atomic mass is 10.2. The van der Waals surface area contributed by atoms with Crippen molar-refractivity contribution in [2.24, 2.45) is 0 Å². The summed E-state index contributed by atoms with van der Waals surface area (Å²) < 4.78 is 27.1. The molecule has 8 nitrogen and oxygen atoms in total. The van der Waals surface area contributed by atoms with Gasteiger partial charge in [0.1, 0.15) is 0 Å². The van der Waals surface area contributed by atoms with E-state index in [-0.39, 0.29) is 10.6 Å². The van der Waals surface area contributed by atoms with Crippen LogP contribution in [0.5, 0.6) is 0 Å². The van der Waals surface area contributed by atoms with Crippen LogP contribution in [-0.4, -0.2) is 57.5 Å². The third-order valence-corrected chi connectivity index (χ3v) is 6.59. The number of nitrogens with zero attached hydrogens (tertiary/aromatic N) is 3. The summed E-state index contributed by atoms with van der Waals surface area (Å²) in [5.41, 5.74) is 1.02. The number of hydrogen-bond acceptors (Lipinski definition) is 6. The highest BCUT2D eigenvalue weighted by atomic mass is 35.5. The number of sulfonamides is 1. The normalized spacial score (nSPS) is 15.4. The monoisotopic (exact) mass is 438 g/mol. The standard InChI is InChI=1S/C19H23ClN4O4S/c20-16-2-4-17(5-3-16)23-14-12-22(13-15-23)11-1-10-21-29(27,28)19-8-6-18(7-9-19)24(25)26/h2-9,21H,1,10-15H2. The van der Waals surface area contributed by atoms with Crippen LogP contribution in [0.1, 0.15) is 6.42 Å². The van der Waals surface area contributed by atoms with Crippen molar-refractivity contribution in [3.63, 3.8) is 0 Å². The van der Waals surface area contributed by atoms with Crippen LogP contribution in [0.25, 0.3) is 0 Å². The molecule has 156 valence electrons. The second-order valence-electron chi connectivity index (χ2n) is 6.81. The van der Waals surface area contributed by atoms with E-state index in [1.807, 2.05) is 24.3 Å². The number of anilines is 1. The second kappa shape index (κ2) is 9.53. The van der Waals surface area contributed by atoms with Gasteiger partial charge in [-0.3, -0.25) is 15.0 Å². The van der Waals surface area contributed by atoms with Gasteiger partial charge >= 0.3 is 0 Å². The van der Waals surface area contributed by atoms with Crippen molar-refractivity contribution in [3.05, 3.63) is 63.7 Å². The van der Waals surface area contributed by atoms with Crippen LogP contribution < -0.4 is 9.62 Å². The molecule has 1 heterocycles. The molecule has 0 radical (unpaired) electrons. The van der Waals surface area contributed by atoms with E-state index in [0.29, 0.717) is 13.0 Å². The van der Waals surface area contributed by atoms with Crippen LogP contribution in [0.15, 0.2) is 53.4 Å². The molecule has 0 atom stereocenters. The van der Waals surface area contributed by atoms with Gasteiger partial charge in [0.2, 0.25) is 10.0 Å². The Morgan fingerprint density at radius 1 is 1.00 bits per heavy atom. The van der Waals surface area contributed by atoms with E-state index in [1.54, 1.807) is 0 Å². The van der Waals surface area contributed by atoms with Gasteiger partial charge in [-0.25, -0.2) is 13.1 Å². The Balaban J connectivity index is 1.40. The molecule has 1 aliphatic rings. The molecule has 0 bridgehead atoms. The molecule has 0 unspecified atom stereocenters. The van der Waals surface area contributed by atoms with Gasteiger partial charge in [0.25, 0.3) is 5.69 Å². The summed E-state index contributed by atoms with van der Waals surface area (Å²) in [6.07, 6.45) is 0.688. The van der Waals surface area contributed by atoms with E-state index in [1.165, 1.54) is 24.3 Å². The first-order valence-electron chi connectivity index (χ1n) is 9.32. The largest absolute Gasteiger partial charge is 0.369 e. The smallest absolute Gasteiger partial charge is 0.269 e. The maximum atomic E-state index is 12.3. The number of nitro groups is 1. The SMILES string of the molecule is O=[N+]([O-])c1ccc(S(=O)(=O)NCCCN2CCN(c3ccc(Cl)cc3)CC2)cc1. The number of nitrogens with one attached hydrogen (secondary N) is 1. The first kappa shape index (κ1) is 21.5. The Morgan fingerprint density at radius 3 is 2.21 bits per heavy atom. The minimum absolute atomic E-state index is 0.0275. The van der Waals surface area contributed by atoms with Gasteiger partial charge in [-0.1, -0.05) is 11.6 Å². The van der Waals surface area contributed by atoms with Gasteiger partial charge in [0.15, 0.2) is 0 Å². The molecule has 1 fully saturated rings. The summed E-state index contributed by atoms with van der Waals surface area (Å²) in [7, 11) is -3.66. The Kier molecular flexibility index (Phi) is 7.07. The number of hydrogen-bond donors (Lipinski definition) is 1. The lowest BCUT2D eigenvalue weighted by Crippen LogP contribution is -2.47. The molecule has 1 N–H and O–H groups in total. The molecule has 2 aromatic carbocycles. The third-order valence-electron chi connectivity index (χ3n) is 4.87. The summed E-state index contributed by atoms with van der Waals surface area (Å²) >= 11 is 5.93. The first-order valence-corrected chi connectivity index (χ1v) is 11.2. The Bertz CT molecular complexity index is 928. The molecular formula is C19H23ClN4O4S. The van der Waals surface area contributed by atoms with E-state index in [9.17, 15) is 18.5 Å². The fourth-order valence-corrected chi connectivity index (χ4v) is 4.42. The molecule has 1 saturated heterocycles. The minimum atomic E-state index is -3.66. The maximum Gasteiger partial charge on any atom is 0.269 e. The van der Waals surface area contributed by atoms with Crippen molar-refractivity contribution in [1.29, 1.82) is 0 Å². The highest BCUT2D eigenvalue weighted by Crippen LogP contribution is 2.19. The van der Waals surface area contributed by atoms with Crippen LogP contribution in [0.4, 0.5) is 11.4 Å². The Hall–Kier alpha value is -2.20. The highest BCUT2D eigenvalue weighted by Gasteiger charge is 2.18. The molecule has 1 aliphatic heterocycles. The molecule has 29 heavy (non-hydrogen) atoms. The van der Waals surface area contributed by atoms with Crippen molar-refractivity contribution in [2.75, 3.05) is 44.2 Å². The van der Waals surface area contributed by atoms with Gasteiger partial charge < -0.3 is 4.90 Å². The van der Waals surface area contributed by atoms with Crippen molar-refractivity contribution in [2.45, 2.75) is 11.3 Å². The van der Waals surface area contributed by atoms with Gasteiger partial charge in [-0.2, -0.15) is 0 Å². The molecule has 2 aromatic rings. The van der Waals surface area contributed by atoms with Crippen LogP contribution in [-0.2, 0) is 10.0 Å². The fourth-order valence-electron chi connectivity index (χ4n) is 3.22. The van der Waals surface area contributed by atoms with E-state index < -0.39 is 14.9 Å². The Labute approximate surface area is 175 Å². The summed E-state index contributed by atoms with van der Waals surface area (Å²) in [5.74, 6) is 0. The van der Waals surface area contributed by atoms with Crippen LogP contribution in [0, 0.1) is 10.1 Å². The number of benzene rings is 2. The van der Waals surface area contributed by atoms with Crippen LogP contribution >= 0.6 is 11.6 Å². The summed E-state index contributed by atoms with van der Waals surface area (Å²) in [6.45, 7) is 4.77. The molecule has 0 amide bonds. The average molecular weight is 439 g/mol. The zero-order valence-corrected chi connectivity index (χ0v) is 17.4. The van der Waals surface area contributed by atoms with E-state index in [4.69, 9.17) is 11.6 Å². The van der Waals surface area contributed by atoms with Crippen molar-refractivity contribution in [1.82, 2.24) is 9.62 Å². The maximum absolute atomic E-state index is 12.3. The topological polar surface area (TPSA) is 95.8 Å². The van der Waals surface area contributed by atoms with Crippen LogP contribution in [0.3, 0.4) is 0 Å². The average Bonchev–Trinajstić information content (AvgIpc) is 2.72. The molecule has 10 heteroatoms. The fraction of sp³-hybridized carbons (Fsp3) is 0.368. The van der Waals surface area contributed by atoms with E-state index in [0.717, 1.165) is 43.4 Å². The first-order chi connectivity index (χ1) is 13.8. The van der Waals surface area contributed by atoms with Gasteiger partial charge in [0.05, 0.1) is 9.82 Å². The molecule has 0 saturated carbocycles. The zero-order chi connectivity index (χ0) is 20.9. The van der Waals surface area contributed by atoms with Gasteiger partial charge in [-0.15, -0.1) is 0 Å². The number of non-ortho nitro benzene ring substituents is 1. The third kappa shape index (κ3) is 5.89. The second-order valence-corrected chi connectivity index (χ2v) is 9.01. The molecule has 0 spiro atoms. The lowest BCUT2D eigenvalue weighted by Gasteiger charge is -2.36. The predicted octanol–water partition coefficient (Wildman–Crippen LogP) is 2.74. The van der Waals surface area contributed by atoms with Crippen molar-refractivity contribution in [3.8, 4) is 0 Å². The molecular weight excluding hydrogens is 416 g/mol. The number of nitro benzene ring substituents is 1. The molecule has 3 rings (SSSR count). The summed E-state index contributed by atoms with van der Waals surface area (Å²) in [5, 5.41) is 11.4. The zero-order valence-electron chi connectivity index (χ0n) is 15.8. The minimum Gasteiger partial charge on any atom is -0.369 e. The van der Waals surface area contributed by atoms with E-state index in [2.05, 4.69) is 14.5 Å². The molecule has 0 aromatic heterocycles. The van der Waals surface area contributed by atoms with Crippen molar-refractivity contribution < 1.29 is 13.3 Å². The quantitative estimate of drug-likeness (QED) is 0.387. The lowest BCUT2D eigenvalue weighted by molar-refractivity contribution is -0.384. The van der Waals surface area contributed by atoms with E-state index >= 15 is 0 Å². The predicted molar refractivity (Wildman–Crippen MR) is 113 cm³/mol. The van der Waals surface area contributed by atoms with Gasteiger partial charge in [0, 0.05) is 55.6 Å². The number of rotatable bonds is 8. The molecule has 0 aliphatic carbocycles. The summed E-state index contributed by atoms with van der Waals surface area (Å²) in [4.78, 5) is 14.8.